The molecular weight excluding hydrogens is 150 g/mol. The van der Waals surface area contributed by atoms with E-state index in [4.69, 9.17) is 0 Å². The van der Waals surface area contributed by atoms with Gasteiger partial charge in [0.1, 0.15) is 0 Å². The molecule has 0 radical (unpaired) electrons. The first-order chi connectivity index (χ1) is 5.65. The molecule has 1 saturated heterocycles. The van der Waals surface area contributed by atoms with Crippen molar-refractivity contribution >= 4 is 5.91 Å². The van der Waals surface area contributed by atoms with Crippen molar-refractivity contribution in [3.8, 4) is 0 Å². The molecule has 1 fully saturated rings. The summed E-state index contributed by atoms with van der Waals surface area (Å²) in [5, 5.41) is 0. The Hall–Kier alpha value is -0.530. The molecule has 2 nitrogen and oxygen atoms in total. The van der Waals surface area contributed by atoms with Crippen molar-refractivity contribution in [3.63, 3.8) is 0 Å². The summed E-state index contributed by atoms with van der Waals surface area (Å²) in [5.41, 5.74) is 0. The van der Waals surface area contributed by atoms with Crippen molar-refractivity contribution in [2.45, 2.75) is 33.6 Å². The molecule has 0 aromatic carbocycles. The maximum absolute atomic E-state index is 11.6. The van der Waals surface area contributed by atoms with Crippen molar-refractivity contribution in [2.75, 3.05) is 13.1 Å². The van der Waals surface area contributed by atoms with Crippen molar-refractivity contribution in [2.24, 2.45) is 11.8 Å². The van der Waals surface area contributed by atoms with E-state index in [0.717, 1.165) is 25.9 Å². The molecule has 1 aliphatic heterocycles. The number of rotatable bonds is 3. The highest BCUT2D eigenvalue weighted by molar-refractivity contribution is 5.80. The average Bonchev–Trinajstić information content (AvgIpc) is 2.32. The first-order valence-electron chi connectivity index (χ1n) is 4.94. The van der Waals surface area contributed by atoms with Gasteiger partial charge in [0.2, 0.25) is 5.91 Å². The summed E-state index contributed by atoms with van der Waals surface area (Å²) in [7, 11) is 0. The third-order valence-corrected chi connectivity index (χ3v) is 2.55. The molecule has 0 aromatic rings. The largest absolute Gasteiger partial charge is 0.343 e. The zero-order valence-corrected chi connectivity index (χ0v) is 8.34. The molecule has 0 bridgehead atoms. The maximum atomic E-state index is 11.6. The van der Waals surface area contributed by atoms with E-state index in [1.165, 1.54) is 0 Å². The molecule has 2 heteroatoms. The van der Waals surface area contributed by atoms with Crippen molar-refractivity contribution < 1.29 is 4.79 Å². The summed E-state index contributed by atoms with van der Waals surface area (Å²) in [4.78, 5) is 13.6. The molecule has 0 spiro atoms. The molecule has 1 rings (SSSR count). The monoisotopic (exact) mass is 169 g/mol. The number of carbonyl (C=O) groups is 1. The molecule has 1 aliphatic rings. The van der Waals surface area contributed by atoms with Crippen LogP contribution >= 0.6 is 0 Å². The fourth-order valence-corrected chi connectivity index (χ4v) is 1.91. The predicted molar refractivity (Wildman–Crippen MR) is 49.8 cm³/mol. The van der Waals surface area contributed by atoms with Crippen LogP contribution in [0, 0.1) is 11.8 Å². The van der Waals surface area contributed by atoms with Gasteiger partial charge in [0.05, 0.1) is 0 Å². The fraction of sp³-hybridized carbons (Fsp3) is 0.900. The Morgan fingerprint density at radius 2 is 2.25 bits per heavy atom. The van der Waals surface area contributed by atoms with Crippen LogP contribution in [0.3, 0.4) is 0 Å². The molecule has 70 valence electrons. The van der Waals surface area contributed by atoms with E-state index < -0.39 is 0 Å². The van der Waals surface area contributed by atoms with Gasteiger partial charge in [-0.3, -0.25) is 4.79 Å². The van der Waals surface area contributed by atoms with Gasteiger partial charge in [-0.15, -0.1) is 0 Å². The normalized spacial score (nSPS) is 24.2. The number of hydrogen-bond acceptors (Lipinski definition) is 1. The van der Waals surface area contributed by atoms with E-state index in [9.17, 15) is 4.79 Å². The molecule has 1 amide bonds. The summed E-state index contributed by atoms with van der Waals surface area (Å²) in [6.07, 6.45) is 2.14. The van der Waals surface area contributed by atoms with Gasteiger partial charge < -0.3 is 4.90 Å². The minimum Gasteiger partial charge on any atom is -0.343 e. The minimum atomic E-state index is 0.324. The lowest BCUT2D eigenvalue weighted by molar-refractivity contribution is -0.131. The van der Waals surface area contributed by atoms with Crippen LogP contribution in [0.1, 0.15) is 33.6 Å². The standard InChI is InChI=1S/C10H19NO/c1-4-11-6-5-9(10(11)12)7-8(2)3/h8-9H,4-7H2,1-3H3. The van der Waals surface area contributed by atoms with Gasteiger partial charge in [0, 0.05) is 19.0 Å². The van der Waals surface area contributed by atoms with Gasteiger partial charge in [-0.25, -0.2) is 0 Å². The van der Waals surface area contributed by atoms with Gasteiger partial charge in [0.25, 0.3) is 0 Å². The van der Waals surface area contributed by atoms with Crippen LogP contribution in [0.4, 0.5) is 0 Å². The average molecular weight is 169 g/mol. The van der Waals surface area contributed by atoms with Crippen LogP contribution in [-0.4, -0.2) is 23.9 Å². The molecule has 0 saturated carbocycles. The third-order valence-electron chi connectivity index (χ3n) is 2.55. The predicted octanol–water partition coefficient (Wildman–Crippen LogP) is 1.90. The highest BCUT2D eigenvalue weighted by Crippen LogP contribution is 2.24. The minimum absolute atomic E-state index is 0.324. The van der Waals surface area contributed by atoms with E-state index in [1.807, 2.05) is 4.90 Å². The zero-order chi connectivity index (χ0) is 9.14. The van der Waals surface area contributed by atoms with Crippen LogP contribution in [0.5, 0.6) is 0 Å². The first kappa shape index (κ1) is 9.56. The lowest BCUT2D eigenvalue weighted by atomic mass is 9.96. The Bertz CT molecular complexity index is 165. The Morgan fingerprint density at radius 3 is 2.67 bits per heavy atom. The summed E-state index contributed by atoms with van der Waals surface area (Å²) in [6, 6.07) is 0. The highest BCUT2D eigenvalue weighted by Gasteiger charge is 2.30. The molecule has 0 aliphatic carbocycles. The van der Waals surface area contributed by atoms with Crippen LogP contribution in [0.25, 0.3) is 0 Å². The summed E-state index contributed by atoms with van der Waals surface area (Å²) >= 11 is 0. The van der Waals surface area contributed by atoms with Crippen molar-refractivity contribution in [3.05, 3.63) is 0 Å². The Kier molecular flexibility index (Phi) is 3.12. The number of amides is 1. The van der Waals surface area contributed by atoms with Gasteiger partial charge in [-0.05, 0) is 25.7 Å². The second-order valence-electron chi connectivity index (χ2n) is 4.03. The summed E-state index contributed by atoms with van der Waals surface area (Å²) in [5.74, 6) is 1.35. The second-order valence-corrected chi connectivity index (χ2v) is 4.03. The van der Waals surface area contributed by atoms with Crippen LogP contribution in [0.2, 0.25) is 0 Å². The maximum Gasteiger partial charge on any atom is 0.225 e. The third kappa shape index (κ3) is 1.99. The summed E-state index contributed by atoms with van der Waals surface area (Å²) in [6.45, 7) is 8.28. The molecule has 0 N–H and O–H groups in total. The Labute approximate surface area is 74.9 Å². The number of nitrogens with zero attached hydrogens (tertiary/aromatic N) is 1. The number of carbonyl (C=O) groups excluding carboxylic acids is 1. The molecule has 1 atom stereocenters. The van der Waals surface area contributed by atoms with Crippen molar-refractivity contribution in [1.82, 2.24) is 4.90 Å². The topological polar surface area (TPSA) is 20.3 Å². The zero-order valence-electron chi connectivity index (χ0n) is 8.34. The molecule has 0 aromatic heterocycles. The lowest BCUT2D eigenvalue weighted by Crippen LogP contribution is -2.27. The Morgan fingerprint density at radius 1 is 1.58 bits per heavy atom. The number of hydrogen-bond donors (Lipinski definition) is 0. The van der Waals surface area contributed by atoms with Crippen LogP contribution in [-0.2, 0) is 4.79 Å². The van der Waals surface area contributed by atoms with Crippen LogP contribution in [0.15, 0.2) is 0 Å². The second kappa shape index (κ2) is 3.92. The molecule has 1 heterocycles. The smallest absolute Gasteiger partial charge is 0.225 e. The SMILES string of the molecule is CCN1CCC(CC(C)C)C1=O. The van der Waals surface area contributed by atoms with E-state index >= 15 is 0 Å². The highest BCUT2D eigenvalue weighted by atomic mass is 16.2. The van der Waals surface area contributed by atoms with E-state index in [0.29, 0.717) is 17.7 Å². The van der Waals surface area contributed by atoms with Gasteiger partial charge in [0.15, 0.2) is 0 Å². The van der Waals surface area contributed by atoms with E-state index in [-0.39, 0.29) is 0 Å². The number of likely N-dealkylation sites (tertiary alicyclic amines) is 1. The molecule has 12 heavy (non-hydrogen) atoms. The molecular formula is C10H19NO. The van der Waals surface area contributed by atoms with Crippen molar-refractivity contribution in [1.29, 1.82) is 0 Å². The van der Waals surface area contributed by atoms with Gasteiger partial charge in [-0.2, -0.15) is 0 Å². The van der Waals surface area contributed by atoms with Gasteiger partial charge >= 0.3 is 0 Å². The lowest BCUT2D eigenvalue weighted by Gasteiger charge is -2.14. The fourth-order valence-electron chi connectivity index (χ4n) is 1.91. The van der Waals surface area contributed by atoms with Crippen LogP contribution < -0.4 is 0 Å². The quantitative estimate of drug-likeness (QED) is 0.632. The molecule has 1 unspecified atom stereocenters. The van der Waals surface area contributed by atoms with E-state index in [2.05, 4.69) is 20.8 Å². The first-order valence-corrected chi connectivity index (χ1v) is 4.94. The Balaban J connectivity index is 2.44. The van der Waals surface area contributed by atoms with E-state index in [1.54, 1.807) is 0 Å². The van der Waals surface area contributed by atoms with Gasteiger partial charge in [-0.1, -0.05) is 13.8 Å². The summed E-state index contributed by atoms with van der Waals surface area (Å²) < 4.78 is 0.